The molecular weight excluding hydrogens is 468 g/mol. The van der Waals surface area contributed by atoms with Crippen LogP contribution in [-0.4, -0.2) is 54.1 Å². The number of nitrogens with one attached hydrogen (secondary N) is 3. The number of methoxy groups -OCH3 is 1. The van der Waals surface area contributed by atoms with Crippen LogP contribution in [0.15, 0.2) is 49.4 Å². The molecule has 0 unspecified atom stereocenters. The van der Waals surface area contributed by atoms with Crippen molar-refractivity contribution in [1.82, 2.24) is 20.6 Å². The van der Waals surface area contributed by atoms with Crippen molar-refractivity contribution < 1.29 is 19.1 Å². The third-order valence-electron chi connectivity index (χ3n) is 5.70. The van der Waals surface area contributed by atoms with E-state index in [1.165, 1.54) is 22.3 Å². The minimum absolute atomic E-state index is 0.153. The quantitative estimate of drug-likeness (QED) is 0.466. The Morgan fingerprint density at radius 3 is 2.66 bits per heavy atom. The molecule has 1 aliphatic carbocycles. The number of pyridine rings is 2. The second-order valence-electron chi connectivity index (χ2n) is 8.03. The molecule has 3 N–H and O–H groups in total. The van der Waals surface area contributed by atoms with Crippen LogP contribution in [0.25, 0.3) is 10.2 Å². The summed E-state index contributed by atoms with van der Waals surface area (Å²) in [6.45, 7) is 3.48. The molecule has 1 saturated carbocycles. The molecule has 4 heterocycles. The van der Waals surface area contributed by atoms with Gasteiger partial charge in [-0.15, -0.1) is 11.3 Å². The molecule has 0 saturated heterocycles. The Morgan fingerprint density at radius 1 is 1.23 bits per heavy atom. The second kappa shape index (κ2) is 10.6. The van der Waals surface area contributed by atoms with E-state index in [2.05, 4.69) is 37.2 Å². The van der Waals surface area contributed by atoms with Crippen LogP contribution in [0.1, 0.15) is 28.9 Å². The molecule has 5 rings (SSSR count). The summed E-state index contributed by atoms with van der Waals surface area (Å²) in [6, 6.07) is 4.58. The number of anilines is 3. The van der Waals surface area contributed by atoms with Crippen LogP contribution in [-0.2, 0) is 9.53 Å². The summed E-state index contributed by atoms with van der Waals surface area (Å²) in [5.41, 5.74) is 1.72. The van der Waals surface area contributed by atoms with E-state index in [4.69, 9.17) is 0 Å². The second-order valence-corrected chi connectivity index (χ2v) is 9.03. The van der Waals surface area contributed by atoms with Crippen LogP contribution in [0.3, 0.4) is 0 Å². The zero-order valence-corrected chi connectivity index (χ0v) is 20.2. The standard InChI is InChI=1S/C22H20N6O3S.C2H6O/c1-2-16(29)25-13-6-3-7-14(13)26-20(30)19-18-17-15(8-10-24-21(17)32-19)28(22(31)27-18)12-5-4-9-23-11-12;1-3-2/h2,4-5,8-11,13-14H,1,3,6-7H2,(H,25,29)(H,26,30)(H,27,31);1-2H3/t13-,14+;/m1./s1. The van der Waals surface area contributed by atoms with Crippen molar-refractivity contribution in [3.63, 3.8) is 0 Å². The summed E-state index contributed by atoms with van der Waals surface area (Å²) in [7, 11) is 3.25. The van der Waals surface area contributed by atoms with Crippen molar-refractivity contribution in [1.29, 1.82) is 0 Å². The molecule has 10 nitrogen and oxygen atoms in total. The summed E-state index contributed by atoms with van der Waals surface area (Å²) in [6.07, 6.45) is 8.54. The smallest absolute Gasteiger partial charge is 0.331 e. The Bertz CT molecular complexity index is 1260. The van der Waals surface area contributed by atoms with Gasteiger partial charge in [0, 0.05) is 38.7 Å². The van der Waals surface area contributed by atoms with E-state index >= 15 is 0 Å². The highest BCUT2D eigenvalue weighted by Crippen LogP contribution is 2.45. The van der Waals surface area contributed by atoms with Gasteiger partial charge in [0.2, 0.25) is 5.91 Å². The molecule has 0 aromatic carbocycles. The molecule has 3 aromatic heterocycles. The van der Waals surface area contributed by atoms with Crippen molar-refractivity contribution in [3.05, 3.63) is 54.3 Å². The highest BCUT2D eigenvalue weighted by Gasteiger charge is 2.35. The lowest BCUT2D eigenvalue weighted by Crippen LogP contribution is -2.48. The van der Waals surface area contributed by atoms with Crippen LogP contribution in [0.5, 0.6) is 0 Å². The van der Waals surface area contributed by atoms with Gasteiger partial charge in [-0.3, -0.25) is 19.5 Å². The molecule has 35 heavy (non-hydrogen) atoms. The van der Waals surface area contributed by atoms with E-state index in [1.54, 1.807) is 51.0 Å². The molecule has 0 spiro atoms. The Labute approximate surface area is 206 Å². The van der Waals surface area contributed by atoms with Crippen molar-refractivity contribution in [3.8, 4) is 0 Å². The van der Waals surface area contributed by atoms with Crippen molar-refractivity contribution >= 4 is 56.5 Å². The first-order chi connectivity index (χ1) is 17.0. The topological polar surface area (TPSA) is 126 Å². The number of urea groups is 1. The maximum absolute atomic E-state index is 13.2. The lowest BCUT2D eigenvalue weighted by atomic mass is 10.1. The molecule has 0 radical (unpaired) electrons. The predicted octanol–water partition coefficient (Wildman–Crippen LogP) is 3.59. The van der Waals surface area contributed by atoms with Gasteiger partial charge in [-0.25, -0.2) is 9.78 Å². The molecule has 1 fully saturated rings. The lowest BCUT2D eigenvalue weighted by Gasteiger charge is -2.28. The Hall–Kier alpha value is -3.83. The number of hydrogen-bond acceptors (Lipinski definition) is 7. The van der Waals surface area contributed by atoms with Gasteiger partial charge in [0.25, 0.3) is 5.91 Å². The molecule has 2 aliphatic rings. The van der Waals surface area contributed by atoms with Gasteiger partial charge in [-0.1, -0.05) is 6.58 Å². The number of thiophene rings is 1. The third-order valence-corrected chi connectivity index (χ3v) is 6.80. The fourth-order valence-electron chi connectivity index (χ4n) is 4.27. The molecule has 4 amide bonds. The summed E-state index contributed by atoms with van der Waals surface area (Å²) in [5, 5.41) is 9.49. The van der Waals surface area contributed by atoms with Crippen molar-refractivity contribution in [2.75, 3.05) is 24.4 Å². The number of aromatic nitrogens is 2. The largest absolute Gasteiger partial charge is 0.388 e. The Kier molecular flexibility index (Phi) is 7.37. The van der Waals surface area contributed by atoms with E-state index in [0.29, 0.717) is 32.2 Å². The molecular formula is C24H26N6O4S. The van der Waals surface area contributed by atoms with Gasteiger partial charge >= 0.3 is 6.03 Å². The molecule has 11 heteroatoms. The number of nitrogens with zero attached hydrogens (tertiary/aromatic N) is 3. The molecule has 182 valence electrons. The average Bonchev–Trinajstić information content (AvgIpc) is 3.45. The summed E-state index contributed by atoms with van der Waals surface area (Å²) >= 11 is 1.23. The van der Waals surface area contributed by atoms with E-state index in [9.17, 15) is 14.4 Å². The summed E-state index contributed by atoms with van der Waals surface area (Å²) < 4.78 is 4.25. The van der Waals surface area contributed by atoms with E-state index < -0.39 is 0 Å². The number of carbonyl (C=O) groups excluding carboxylic acids is 3. The summed E-state index contributed by atoms with van der Waals surface area (Å²) in [5.74, 6) is -0.557. The van der Waals surface area contributed by atoms with Crippen LogP contribution in [0.2, 0.25) is 0 Å². The van der Waals surface area contributed by atoms with Gasteiger partial charge in [-0.05, 0) is 43.5 Å². The SMILES string of the molecule is C=CC(=O)N[C@@H]1CCC[C@@H]1NC(=O)c1sc2nccc3c2c1NC(=O)N3c1cccnc1.COC. The highest BCUT2D eigenvalue weighted by molar-refractivity contribution is 7.21. The predicted molar refractivity (Wildman–Crippen MR) is 135 cm³/mol. The number of amides is 4. The van der Waals surface area contributed by atoms with Gasteiger partial charge in [0.1, 0.15) is 9.71 Å². The van der Waals surface area contributed by atoms with Crippen LogP contribution >= 0.6 is 11.3 Å². The first-order valence-corrected chi connectivity index (χ1v) is 11.9. The first-order valence-electron chi connectivity index (χ1n) is 11.0. The van der Waals surface area contributed by atoms with E-state index in [1.807, 2.05) is 0 Å². The van der Waals surface area contributed by atoms with Gasteiger partial charge in [0.05, 0.1) is 28.6 Å². The van der Waals surface area contributed by atoms with E-state index in [-0.39, 0.29) is 29.9 Å². The van der Waals surface area contributed by atoms with Gasteiger partial charge in [0.15, 0.2) is 0 Å². The number of rotatable bonds is 5. The van der Waals surface area contributed by atoms with Gasteiger partial charge in [-0.2, -0.15) is 0 Å². The Morgan fingerprint density at radius 2 is 1.97 bits per heavy atom. The zero-order valence-electron chi connectivity index (χ0n) is 19.4. The first kappa shape index (κ1) is 24.3. The van der Waals surface area contributed by atoms with Gasteiger partial charge < -0.3 is 20.7 Å². The van der Waals surface area contributed by atoms with Crippen molar-refractivity contribution in [2.24, 2.45) is 0 Å². The molecule has 0 bridgehead atoms. The summed E-state index contributed by atoms with van der Waals surface area (Å²) in [4.78, 5) is 49.0. The average molecular weight is 495 g/mol. The maximum Gasteiger partial charge on any atom is 0.331 e. The molecule has 2 atom stereocenters. The van der Waals surface area contributed by atoms with Crippen LogP contribution < -0.4 is 20.9 Å². The van der Waals surface area contributed by atoms with Crippen molar-refractivity contribution in [2.45, 2.75) is 31.3 Å². The fourth-order valence-corrected chi connectivity index (χ4v) is 5.29. The zero-order chi connectivity index (χ0) is 24.9. The lowest BCUT2D eigenvalue weighted by molar-refractivity contribution is -0.117. The third kappa shape index (κ3) is 4.86. The van der Waals surface area contributed by atoms with Crippen LogP contribution in [0.4, 0.5) is 21.9 Å². The number of hydrogen-bond donors (Lipinski definition) is 3. The fraction of sp³-hybridized carbons (Fsp3) is 0.292. The monoisotopic (exact) mass is 494 g/mol. The molecule has 1 aliphatic heterocycles. The minimum Gasteiger partial charge on any atom is -0.388 e. The van der Waals surface area contributed by atoms with E-state index in [0.717, 1.165) is 19.3 Å². The molecule has 3 aromatic rings. The highest BCUT2D eigenvalue weighted by atomic mass is 32.1. The van der Waals surface area contributed by atoms with Crippen LogP contribution in [0, 0.1) is 0 Å². The minimum atomic E-state index is -0.373. The Balaban J connectivity index is 0.000000917. The number of ether oxygens (including phenoxy) is 1. The maximum atomic E-state index is 13.2. The normalized spacial score (nSPS) is 18.3. The number of carbonyl (C=O) groups is 3.